The molecule has 0 aromatic heterocycles. The molecular weight excluding hydrogens is 224 g/mol. The molecule has 0 saturated carbocycles. The van der Waals surface area contributed by atoms with Crippen LogP contribution in [0.4, 0.5) is 0 Å². The topological polar surface area (TPSA) is 36.1 Å². The van der Waals surface area contributed by atoms with Crippen molar-refractivity contribution in [3.8, 4) is 5.40 Å². The number of nitrogens with zero attached hydrogens (tertiary/aromatic N) is 2. The first-order valence-corrected chi connectivity index (χ1v) is 5.88. The fraction of sp³-hybridized carbons (Fsp3) is 0.273. The Morgan fingerprint density at radius 2 is 2.13 bits per heavy atom. The predicted molar refractivity (Wildman–Crippen MR) is 67.0 cm³/mol. The van der Waals surface area contributed by atoms with Crippen LogP contribution in [0, 0.1) is 10.7 Å². The summed E-state index contributed by atoms with van der Waals surface area (Å²) in [6.45, 7) is 0. The fourth-order valence-electron chi connectivity index (χ4n) is 1.24. The highest BCUT2D eigenvalue weighted by atomic mass is 32.2. The second-order valence-corrected chi connectivity index (χ2v) is 3.95. The van der Waals surface area contributed by atoms with Crippen molar-refractivity contribution < 1.29 is 0 Å². The third-order valence-corrected chi connectivity index (χ3v) is 2.68. The number of isothiocyanates is 1. The van der Waals surface area contributed by atoms with E-state index in [4.69, 9.17) is 5.26 Å². The summed E-state index contributed by atoms with van der Waals surface area (Å²) in [5.41, 5.74) is 1.20. The first-order chi connectivity index (χ1) is 7.36. The van der Waals surface area contributed by atoms with E-state index in [1.807, 2.05) is 35.7 Å². The number of hydrogen-bond acceptors (Lipinski definition) is 4. The van der Waals surface area contributed by atoms with Gasteiger partial charge in [0, 0.05) is 5.75 Å². The Morgan fingerprint density at radius 1 is 1.40 bits per heavy atom. The molecule has 1 unspecified atom stereocenters. The van der Waals surface area contributed by atoms with Gasteiger partial charge in [-0.1, -0.05) is 30.3 Å². The molecule has 0 aliphatic rings. The molecule has 0 aliphatic heterocycles. The minimum atomic E-state index is 0.0505. The van der Waals surface area contributed by atoms with E-state index in [1.54, 1.807) is 0 Å². The Labute approximate surface area is 99.0 Å². The lowest BCUT2D eigenvalue weighted by molar-refractivity contribution is 0.758. The van der Waals surface area contributed by atoms with Crippen molar-refractivity contribution in [2.75, 3.05) is 5.75 Å². The molecule has 0 bridgehead atoms. The van der Waals surface area contributed by atoms with Gasteiger partial charge in [-0.05, 0) is 36.0 Å². The molecule has 1 aromatic carbocycles. The van der Waals surface area contributed by atoms with Crippen LogP contribution in [0.2, 0.25) is 0 Å². The van der Waals surface area contributed by atoms with Crippen molar-refractivity contribution in [2.24, 2.45) is 4.99 Å². The Balaban J connectivity index is 2.59. The molecular formula is C11H10N2S2. The highest BCUT2D eigenvalue weighted by molar-refractivity contribution is 8.03. The van der Waals surface area contributed by atoms with Crippen molar-refractivity contribution in [3.05, 3.63) is 35.9 Å². The van der Waals surface area contributed by atoms with Gasteiger partial charge >= 0.3 is 0 Å². The first kappa shape index (κ1) is 11.9. The number of benzene rings is 1. The maximum absolute atomic E-state index is 8.47. The highest BCUT2D eigenvalue weighted by Crippen LogP contribution is 2.10. The minimum absolute atomic E-state index is 0.0505. The highest BCUT2D eigenvalue weighted by Gasteiger charge is 2.07. The maximum Gasteiger partial charge on any atom is 0.133 e. The number of aliphatic imine (C=N–C) groups is 1. The van der Waals surface area contributed by atoms with Crippen molar-refractivity contribution in [3.63, 3.8) is 0 Å². The van der Waals surface area contributed by atoms with Crippen LogP contribution < -0.4 is 0 Å². The largest absolute Gasteiger partial charge is 0.228 e. The summed E-state index contributed by atoms with van der Waals surface area (Å²) in [4.78, 5) is 4.05. The summed E-state index contributed by atoms with van der Waals surface area (Å²) in [5, 5.41) is 12.9. The Kier molecular flexibility index (Phi) is 5.72. The van der Waals surface area contributed by atoms with E-state index in [9.17, 15) is 0 Å². The van der Waals surface area contributed by atoms with E-state index >= 15 is 0 Å². The number of thiocyanates is 1. The van der Waals surface area contributed by atoms with Crippen LogP contribution in [-0.2, 0) is 6.42 Å². The summed E-state index contributed by atoms with van der Waals surface area (Å²) in [5.74, 6) is 0.662. The molecule has 0 aliphatic carbocycles. The molecule has 0 fully saturated rings. The molecule has 0 N–H and O–H groups in total. The van der Waals surface area contributed by atoms with Crippen LogP contribution >= 0.6 is 24.0 Å². The molecule has 1 aromatic rings. The van der Waals surface area contributed by atoms with Crippen LogP contribution in [0.1, 0.15) is 5.56 Å². The SMILES string of the molecule is N#CSCC(Cc1ccccc1)N=C=S. The molecule has 1 atom stereocenters. The molecule has 76 valence electrons. The van der Waals surface area contributed by atoms with Gasteiger partial charge in [0.1, 0.15) is 5.40 Å². The zero-order chi connectivity index (χ0) is 10.9. The van der Waals surface area contributed by atoms with Gasteiger partial charge in [0.25, 0.3) is 0 Å². The first-order valence-electron chi connectivity index (χ1n) is 4.48. The summed E-state index contributed by atoms with van der Waals surface area (Å²) in [6.07, 6.45) is 0.805. The average Bonchev–Trinajstić information content (AvgIpc) is 2.28. The summed E-state index contributed by atoms with van der Waals surface area (Å²) >= 11 is 5.79. The maximum atomic E-state index is 8.47. The monoisotopic (exact) mass is 234 g/mol. The normalized spacial score (nSPS) is 11.1. The minimum Gasteiger partial charge on any atom is -0.228 e. The molecule has 0 heterocycles. The predicted octanol–water partition coefficient (Wildman–Crippen LogP) is 2.91. The molecule has 1 rings (SSSR count). The van der Waals surface area contributed by atoms with Crippen molar-refractivity contribution >= 4 is 29.1 Å². The Hall–Kier alpha value is -1.14. The molecule has 15 heavy (non-hydrogen) atoms. The van der Waals surface area contributed by atoms with Gasteiger partial charge in [-0.2, -0.15) is 5.26 Å². The summed E-state index contributed by atoms with van der Waals surface area (Å²) in [6, 6.07) is 10.1. The summed E-state index contributed by atoms with van der Waals surface area (Å²) < 4.78 is 0. The smallest absolute Gasteiger partial charge is 0.133 e. The van der Waals surface area contributed by atoms with Gasteiger partial charge in [0.15, 0.2) is 0 Å². The fourth-order valence-corrected chi connectivity index (χ4v) is 1.84. The van der Waals surface area contributed by atoms with Crippen LogP contribution in [0.3, 0.4) is 0 Å². The third kappa shape index (κ3) is 4.75. The molecule has 0 amide bonds. The summed E-state index contributed by atoms with van der Waals surface area (Å²) in [7, 11) is 0. The standard InChI is InChI=1S/C11H10N2S2/c12-8-15-7-11(13-9-14)6-10-4-2-1-3-5-10/h1-5,11H,6-7H2. The number of rotatable bonds is 5. The van der Waals surface area contributed by atoms with E-state index in [-0.39, 0.29) is 6.04 Å². The molecule has 0 spiro atoms. The van der Waals surface area contributed by atoms with E-state index < -0.39 is 0 Å². The van der Waals surface area contributed by atoms with E-state index in [0.717, 1.165) is 6.42 Å². The van der Waals surface area contributed by atoms with Gasteiger partial charge in [0.05, 0.1) is 11.2 Å². The number of nitriles is 1. The second kappa shape index (κ2) is 7.19. The van der Waals surface area contributed by atoms with Crippen LogP contribution in [0.5, 0.6) is 0 Å². The van der Waals surface area contributed by atoms with Gasteiger partial charge < -0.3 is 0 Å². The average molecular weight is 234 g/mol. The molecule has 0 saturated heterocycles. The lowest BCUT2D eigenvalue weighted by atomic mass is 10.1. The van der Waals surface area contributed by atoms with Gasteiger partial charge in [-0.25, -0.2) is 4.99 Å². The Morgan fingerprint density at radius 3 is 2.73 bits per heavy atom. The number of thiocarbonyl (C=S) groups is 1. The van der Waals surface area contributed by atoms with E-state index in [1.165, 1.54) is 17.3 Å². The lowest BCUT2D eigenvalue weighted by Gasteiger charge is -2.07. The Bertz CT molecular complexity index is 377. The number of hydrogen-bond donors (Lipinski definition) is 0. The zero-order valence-electron chi connectivity index (χ0n) is 8.09. The van der Waals surface area contributed by atoms with E-state index in [0.29, 0.717) is 5.75 Å². The molecule has 0 radical (unpaired) electrons. The third-order valence-electron chi connectivity index (χ3n) is 1.89. The van der Waals surface area contributed by atoms with Crippen molar-refractivity contribution in [1.29, 1.82) is 5.26 Å². The van der Waals surface area contributed by atoms with Crippen molar-refractivity contribution in [1.82, 2.24) is 0 Å². The van der Waals surface area contributed by atoms with Crippen LogP contribution in [0.25, 0.3) is 0 Å². The van der Waals surface area contributed by atoms with E-state index in [2.05, 4.69) is 22.4 Å². The lowest BCUT2D eigenvalue weighted by Crippen LogP contribution is -2.11. The second-order valence-electron chi connectivity index (χ2n) is 2.97. The quantitative estimate of drug-likeness (QED) is 0.446. The number of thioether (sulfide) groups is 1. The van der Waals surface area contributed by atoms with Crippen molar-refractivity contribution in [2.45, 2.75) is 12.5 Å². The molecule has 2 nitrogen and oxygen atoms in total. The van der Waals surface area contributed by atoms with Gasteiger partial charge in [-0.3, -0.25) is 0 Å². The zero-order valence-corrected chi connectivity index (χ0v) is 9.72. The van der Waals surface area contributed by atoms with Crippen LogP contribution in [0.15, 0.2) is 35.3 Å². The van der Waals surface area contributed by atoms with Gasteiger partial charge in [0.2, 0.25) is 0 Å². The molecule has 4 heteroatoms. The van der Waals surface area contributed by atoms with Crippen LogP contribution in [-0.4, -0.2) is 17.0 Å². The van der Waals surface area contributed by atoms with Gasteiger partial charge in [-0.15, -0.1) is 0 Å².